The molecule has 1 atom stereocenters. The van der Waals surface area contributed by atoms with Crippen molar-refractivity contribution in [1.82, 2.24) is 5.32 Å². The molecule has 2 aliphatic heterocycles. The smallest absolute Gasteiger partial charge is 0.231 e. The molecule has 3 nitrogen and oxygen atoms in total. The summed E-state index contributed by atoms with van der Waals surface area (Å²) in [5, 5.41) is 3.48. The van der Waals surface area contributed by atoms with E-state index in [9.17, 15) is 0 Å². The zero-order valence-corrected chi connectivity index (χ0v) is 11.1. The number of hydrogen-bond acceptors (Lipinski definition) is 3. The Morgan fingerprint density at radius 2 is 2.00 bits per heavy atom. The number of nitrogens with one attached hydrogen (secondary N) is 1. The molecule has 0 aliphatic carbocycles. The summed E-state index contributed by atoms with van der Waals surface area (Å²) in [5.41, 5.74) is 1.27. The number of hydrogen-bond donors (Lipinski definition) is 1. The summed E-state index contributed by atoms with van der Waals surface area (Å²) in [6, 6.07) is 4.53. The average Bonchev–Trinajstić information content (AvgIpc) is 2.85. The van der Waals surface area contributed by atoms with Crippen molar-refractivity contribution in [2.45, 2.75) is 18.9 Å². The van der Waals surface area contributed by atoms with Gasteiger partial charge in [0, 0.05) is 10.5 Å². The summed E-state index contributed by atoms with van der Waals surface area (Å²) in [4.78, 5) is 0. The first-order valence-corrected chi connectivity index (χ1v) is 5.96. The van der Waals surface area contributed by atoms with E-state index >= 15 is 0 Å². The summed E-state index contributed by atoms with van der Waals surface area (Å²) in [6.07, 6.45) is 2.43. The Hall–Kier alpha value is -0.450. The zero-order valence-electron chi connectivity index (χ0n) is 8.66. The molecule has 5 heteroatoms. The van der Waals surface area contributed by atoms with Gasteiger partial charge in [0.1, 0.15) is 0 Å². The summed E-state index contributed by atoms with van der Waals surface area (Å²) in [7, 11) is 0. The van der Waals surface area contributed by atoms with Gasteiger partial charge in [-0.25, -0.2) is 0 Å². The Morgan fingerprint density at radius 3 is 2.69 bits per heavy atom. The van der Waals surface area contributed by atoms with Gasteiger partial charge in [-0.05, 0) is 37.1 Å². The minimum Gasteiger partial charge on any atom is -0.454 e. The van der Waals surface area contributed by atoms with Crippen molar-refractivity contribution < 1.29 is 9.47 Å². The lowest BCUT2D eigenvalue weighted by atomic mass is 10.0. The van der Waals surface area contributed by atoms with Crippen LogP contribution in [0.25, 0.3) is 0 Å². The molecule has 1 fully saturated rings. The molecule has 3 rings (SSSR count). The van der Waals surface area contributed by atoms with E-state index < -0.39 is 0 Å². The van der Waals surface area contributed by atoms with Gasteiger partial charge in [-0.1, -0.05) is 15.9 Å². The molecule has 1 saturated heterocycles. The summed E-state index contributed by atoms with van der Waals surface area (Å²) in [5.74, 6) is 1.70. The van der Waals surface area contributed by atoms with Crippen molar-refractivity contribution >= 4 is 28.3 Å². The van der Waals surface area contributed by atoms with Crippen LogP contribution in [0.3, 0.4) is 0 Å². The molecule has 88 valence electrons. The SMILES string of the molecule is Brc1cc2c(cc1[C@@H]1CCCN1)OCO2.Cl. The minimum absolute atomic E-state index is 0. The second-order valence-corrected chi connectivity index (χ2v) is 4.73. The number of rotatable bonds is 1. The molecule has 0 saturated carbocycles. The topological polar surface area (TPSA) is 30.5 Å². The first kappa shape index (κ1) is 12.0. The van der Waals surface area contributed by atoms with Gasteiger partial charge in [-0.2, -0.15) is 0 Å². The summed E-state index contributed by atoms with van der Waals surface area (Å²) >= 11 is 3.58. The number of benzene rings is 1. The van der Waals surface area contributed by atoms with Crippen LogP contribution in [0.5, 0.6) is 11.5 Å². The molecule has 0 radical (unpaired) electrons. The minimum atomic E-state index is 0. The fourth-order valence-electron chi connectivity index (χ4n) is 2.15. The van der Waals surface area contributed by atoms with Gasteiger partial charge < -0.3 is 14.8 Å². The predicted octanol–water partition coefficient (Wildman–Crippen LogP) is 3.02. The van der Waals surface area contributed by atoms with Gasteiger partial charge >= 0.3 is 0 Å². The van der Waals surface area contributed by atoms with Crippen LogP contribution in [0.1, 0.15) is 24.4 Å². The second kappa shape index (κ2) is 4.82. The van der Waals surface area contributed by atoms with Gasteiger partial charge in [0.05, 0.1) is 0 Å². The van der Waals surface area contributed by atoms with Gasteiger partial charge in [0.25, 0.3) is 0 Å². The Morgan fingerprint density at radius 1 is 1.25 bits per heavy atom. The fraction of sp³-hybridized carbons (Fsp3) is 0.455. The lowest BCUT2D eigenvalue weighted by Crippen LogP contribution is -2.13. The maximum Gasteiger partial charge on any atom is 0.231 e. The average molecular weight is 307 g/mol. The predicted molar refractivity (Wildman–Crippen MR) is 67.5 cm³/mol. The van der Waals surface area contributed by atoms with Crippen LogP contribution in [0.2, 0.25) is 0 Å². The third kappa shape index (κ3) is 2.01. The van der Waals surface area contributed by atoms with Gasteiger partial charge in [-0.3, -0.25) is 0 Å². The first-order valence-electron chi connectivity index (χ1n) is 5.17. The van der Waals surface area contributed by atoms with Crippen molar-refractivity contribution in [1.29, 1.82) is 0 Å². The van der Waals surface area contributed by atoms with Crippen molar-refractivity contribution in [3.05, 3.63) is 22.2 Å². The molecular formula is C11H13BrClNO2. The van der Waals surface area contributed by atoms with Crippen molar-refractivity contribution in [2.75, 3.05) is 13.3 Å². The number of fused-ring (bicyclic) bond motifs is 1. The maximum absolute atomic E-state index is 5.38. The van der Waals surface area contributed by atoms with Crippen LogP contribution in [-0.2, 0) is 0 Å². The van der Waals surface area contributed by atoms with Crippen LogP contribution in [-0.4, -0.2) is 13.3 Å². The fourth-order valence-corrected chi connectivity index (χ4v) is 2.75. The third-order valence-corrected chi connectivity index (χ3v) is 3.61. The quantitative estimate of drug-likeness (QED) is 0.865. The molecule has 0 unspecified atom stereocenters. The molecule has 1 aromatic rings. The molecule has 0 aromatic heterocycles. The molecule has 0 bridgehead atoms. The summed E-state index contributed by atoms with van der Waals surface area (Å²) < 4.78 is 11.8. The van der Waals surface area contributed by atoms with E-state index in [1.54, 1.807) is 0 Å². The molecule has 0 amide bonds. The summed E-state index contributed by atoms with van der Waals surface area (Å²) in [6.45, 7) is 1.44. The van der Waals surface area contributed by atoms with Crippen LogP contribution < -0.4 is 14.8 Å². The monoisotopic (exact) mass is 305 g/mol. The van der Waals surface area contributed by atoms with Gasteiger partial charge in [-0.15, -0.1) is 12.4 Å². The molecule has 1 N–H and O–H groups in total. The van der Waals surface area contributed by atoms with Crippen molar-refractivity contribution in [3.63, 3.8) is 0 Å². The standard InChI is InChI=1S/C11H12BrNO2.ClH/c12-8-5-11-10(14-6-15-11)4-7(8)9-2-1-3-13-9;/h4-5,9,13H,1-3,6H2;1H/t9-;/m0./s1. The second-order valence-electron chi connectivity index (χ2n) is 3.88. The van der Waals surface area contributed by atoms with Gasteiger partial charge in [0.15, 0.2) is 11.5 Å². The Kier molecular flexibility index (Phi) is 3.62. The highest BCUT2D eigenvalue weighted by atomic mass is 79.9. The third-order valence-electron chi connectivity index (χ3n) is 2.93. The largest absolute Gasteiger partial charge is 0.454 e. The van der Waals surface area contributed by atoms with E-state index in [-0.39, 0.29) is 12.4 Å². The first-order chi connectivity index (χ1) is 7.34. The lowest BCUT2D eigenvalue weighted by Gasteiger charge is -2.13. The number of halogens is 2. The van der Waals surface area contributed by atoms with E-state index in [0.29, 0.717) is 12.8 Å². The normalized spacial score (nSPS) is 21.9. The van der Waals surface area contributed by atoms with E-state index in [1.807, 2.05) is 6.07 Å². The van der Waals surface area contributed by atoms with E-state index in [4.69, 9.17) is 9.47 Å². The Bertz CT molecular complexity index is 394. The molecular weight excluding hydrogens is 293 g/mol. The lowest BCUT2D eigenvalue weighted by molar-refractivity contribution is 0.174. The molecule has 0 spiro atoms. The van der Waals surface area contributed by atoms with Crippen LogP contribution in [0.4, 0.5) is 0 Å². The zero-order chi connectivity index (χ0) is 10.3. The van der Waals surface area contributed by atoms with Crippen LogP contribution in [0, 0.1) is 0 Å². The van der Waals surface area contributed by atoms with E-state index in [1.165, 1.54) is 18.4 Å². The Labute approximate surface area is 109 Å². The molecule has 2 aliphatic rings. The highest BCUT2D eigenvalue weighted by Crippen LogP contribution is 2.40. The van der Waals surface area contributed by atoms with E-state index in [2.05, 4.69) is 27.3 Å². The van der Waals surface area contributed by atoms with Crippen LogP contribution in [0.15, 0.2) is 16.6 Å². The maximum atomic E-state index is 5.38. The van der Waals surface area contributed by atoms with Crippen LogP contribution >= 0.6 is 28.3 Å². The van der Waals surface area contributed by atoms with Crippen molar-refractivity contribution in [2.24, 2.45) is 0 Å². The Balaban J connectivity index is 0.000000963. The van der Waals surface area contributed by atoms with E-state index in [0.717, 1.165) is 22.5 Å². The van der Waals surface area contributed by atoms with Crippen molar-refractivity contribution in [3.8, 4) is 11.5 Å². The molecule has 2 heterocycles. The highest BCUT2D eigenvalue weighted by Gasteiger charge is 2.23. The highest BCUT2D eigenvalue weighted by molar-refractivity contribution is 9.10. The molecule has 1 aromatic carbocycles. The number of ether oxygens (including phenoxy) is 2. The van der Waals surface area contributed by atoms with Gasteiger partial charge in [0.2, 0.25) is 6.79 Å². The molecule has 16 heavy (non-hydrogen) atoms.